The summed E-state index contributed by atoms with van der Waals surface area (Å²) < 4.78 is 0. The Balaban J connectivity index is 2.04. The fourth-order valence-electron chi connectivity index (χ4n) is 2.13. The second-order valence-electron chi connectivity index (χ2n) is 4.98. The summed E-state index contributed by atoms with van der Waals surface area (Å²) in [7, 11) is 0. The number of para-hydroxylation sites is 1. The minimum atomic E-state index is -0.472. The predicted molar refractivity (Wildman–Crippen MR) is 96.3 cm³/mol. The van der Waals surface area contributed by atoms with E-state index in [0.717, 1.165) is 10.6 Å². The molecule has 5 nitrogen and oxygen atoms in total. The van der Waals surface area contributed by atoms with Crippen LogP contribution in [0.4, 0.5) is 11.4 Å². The third-order valence-corrected chi connectivity index (χ3v) is 4.20. The van der Waals surface area contributed by atoms with Gasteiger partial charge in [0, 0.05) is 10.0 Å². The minimum absolute atomic E-state index is 0.0372. The maximum absolute atomic E-state index is 12.6. The SMILES string of the molecule is [C-]#[N+]C1=NN(c2ccccc2)C(=O)C1=Nc1cc(Cl)c(C)c(Cl)c1. The monoisotopic (exact) mass is 356 g/mol. The molecule has 1 aliphatic heterocycles. The number of hydrogen-bond acceptors (Lipinski definition) is 3. The van der Waals surface area contributed by atoms with E-state index in [4.69, 9.17) is 29.8 Å². The van der Waals surface area contributed by atoms with Crippen LogP contribution in [0.3, 0.4) is 0 Å². The van der Waals surface area contributed by atoms with Crippen molar-refractivity contribution in [2.75, 3.05) is 5.01 Å². The van der Waals surface area contributed by atoms with Crippen LogP contribution in [0.2, 0.25) is 10.0 Å². The summed E-state index contributed by atoms with van der Waals surface area (Å²) in [6.07, 6.45) is 0. The highest BCUT2D eigenvalue weighted by atomic mass is 35.5. The zero-order valence-corrected chi connectivity index (χ0v) is 14.0. The Hall–Kier alpha value is -2.68. The number of anilines is 1. The van der Waals surface area contributed by atoms with E-state index < -0.39 is 5.91 Å². The molecule has 0 N–H and O–H groups in total. The van der Waals surface area contributed by atoms with Gasteiger partial charge in [0.05, 0.1) is 11.4 Å². The van der Waals surface area contributed by atoms with Crippen molar-refractivity contribution in [1.82, 2.24) is 0 Å². The van der Waals surface area contributed by atoms with Crippen molar-refractivity contribution in [2.24, 2.45) is 10.1 Å². The van der Waals surface area contributed by atoms with E-state index in [2.05, 4.69) is 14.9 Å². The summed E-state index contributed by atoms with van der Waals surface area (Å²) in [5.74, 6) is -0.545. The van der Waals surface area contributed by atoms with Crippen molar-refractivity contribution >= 4 is 52.0 Å². The average molecular weight is 357 g/mol. The van der Waals surface area contributed by atoms with Crippen LogP contribution in [-0.2, 0) is 4.79 Å². The Kier molecular flexibility index (Phi) is 4.34. The number of hydrazone groups is 1. The van der Waals surface area contributed by atoms with E-state index in [-0.39, 0.29) is 11.5 Å². The summed E-state index contributed by atoms with van der Waals surface area (Å²) >= 11 is 12.2. The first-order valence-electron chi connectivity index (χ1n) is 6.91. The minimum Gasteiger partial charge on any atom is -0.357 e. The second-order valence-corrected chi connectivity index (χ2v) is 5.80. The molecule has 2 aromatic carbocycles. The molecule has 0 fully saturated rings. The van der Waals surface area contributed by atoms with Gasteiger partial charge in [0.2, 0.25) is 0 Å². The van der Waals surface area contributed by atoms with E-state index in [1.54, 1.807) is 43.3 Å². The molecule has 0 atom stereocenters. The molecule has 0 radical (unpaired) electrons. The molecular formula is C17H10Cl2N4O. The molecule has 0 unspecified atom stereocenters. The van der Waals surface area contributed by atoms with Crippen molar-refractivity contribution in [2.45, 2.75) is 6.92 Å². The van der Waals surface area contributed by atoms with Gasteiger partial charge in [0.15, 0.2) is 5.71 Å². The summed E-state index contributed by atoms with van der Waals surface area (Å²) in [5, 5.41) is 6.08. The molecule has 0 aliphatic carbocycles. The van der Waals surface area contributed by atoms with Gasteiger partial charge in [0.1, 0.15) is 0 Å². The number of amides is 1. The lowest BCUT2D eigenvalue weighted by Gasteiger charge is -2.07. The largest absolute Gasteiger partial charge is 0.357 e. The third-order valence-electron chi connectivity index (χ3n) is 3.41. The van der Waals surface area contributed by atoms with Crippen LogP contribution < -0.4 is 5.01 Å². The Morgan fingerprint density at radius 1 is 1.17 bits per heavy atom. The number of halogens is 2. The van der Waals surface area contributed by atoms with E-state index in [1.807, 2.05) is 6.07 Å². The number of hydrogen-bond donors (Lipinski definition) is 0. The molecule has 2 aromatic rings. The molecule has 0 bridgehead atoms. The van der Waals surface area contributed by atoms with Crippen LogP contribution in [0.15, 0.2) is 52.6 Å². The Morgan fingerprint density at radius 2 is 1.79 bits per heavy atom. The highest BCUT2D eigenvalue weighted by molar-refractivity contribution is 6.73. The normalized spacial score (nSPS) is 15.6. The lowest BCUT2D eigenvalue weighted by molar-refractivity contribution is -0.112. The standard InChI is InChI=1S/C17H10Cl2N4O/c1-10-13(18)8-11(9-14(10)19)21-15-16(20-2)22-23(17(15)24)12-6-4-3-5-7-12/h3-9H,1H3. The molecule has 3 rings (SSSR count). The lowest BCUT2D eigenvalue weighted by atomic mass is 10.2. The molecule has 0 saturated carbocycles. The summed E-state index contributed by atoms with van der Waals surface area (Å²) in [6, 6.07) is 12.0. The Bertz CT molecular complexity index is 906. The van der Waals surface area contributed by atoms with Crippen molar-refractivity contribution in [3.63, 3.8) is 0 Å². The molecule has 1 heterocycles. The first-order chi connectivity index (χ1) is 11.5. The van der Waals surface area contributed by atoms with Gasteiger partial charge in [-0.15, -0.1) is 5.01 Å². The van der Waals surface area contributed by atoms with Crippen LogP contribution >= 0.6 is 23.2 Å². The smallest absolute Gasteiger partial charge is 0.325 e. The molecule has 1 aliphatic rings. The molecule has 24 heavy (non-hydrogen) atoms. The molecule has 0 aromatic heterocycles. The van der Waals surface area contributed by atoms with Crippen molar-refractivity contribution in [3.05, 3.63) is 69.5 Å². The third kappa shape index (κ3) is 2.90. The highest BCUT2D eigenvalue weighted by Crippen LogP contribution is 2.30. The van der Waals surface area contributed by atoms with Crippen LogP contribution in [0.5, 0.6) is 0 Å². The molecule has 1 amide bonds. The van der Waals surface area contributed by atoms with E-state index in [0.29, 0.717) is 21.4 Å². The van der Waals surface area contributed by atoms with Crippen molar-refractivity contribution in [3.8, 4) is 0 Å². The van der Waals surface area contributed by atoms with Crippen LogP contribution in [0.1, 0.15) is 5.56 Å². The van der Waals surface area contributed by atoms with Gasteiger partial charge in [-0.2, -0.15) is 0 Å². The van der Waals surface area contributed by atoms with Crippen molar-refractivity contribution < 1.29 is 4.79 Å². The number of carbonyl (C=O) groups excluding carboxylic acids is 1. The zero-order valence-electron chi connectivity index (χ0n) is 12.5. The van der Waals surface area contributed by atoms with Crippen LogP contribution in [-0.4, -0.2) is 17.5 Å². The molecule has 7 heteroatoms. The Labute approximate surface area is 148 Å². The molecule has 118 valence electrons. The van der Waals surface area contributed by atoms with E-state index in [9.17, 15) is 4.79 Å². The number of nitrogens with zero attached hydrogens (tertiary/aromatic N) is 4. The number of carbonyl (C=O) groups is 1. The first-order valence-corrected chi connectivity index (χ1v) is 7.67. The maximum Gasteiger partial charge on any atom is 0.325 e. The zero-order chi connectivity index (χ0) is 17.3. The average Bonchev–Trinajstić information content (AvgIpc) is 2.89. The van der Waals surface area contributed by atoms with Crippen LogP contribution in [0.25, 0.3) is 4.85 Å². The lowest BCUT2D eigenvalue weighted by Crippen LogP contribution is -2.27. The van der Waals surface area contributed by atoms with Crippen molar-refractivity contribution in [1.29, 1.82) is 0 Å². The van der Waals surface area contributed by atoms with Crippen LogP contribution in [0, 0.1) is 13.5 Å². The number of aliphatic imine (C=N–C) groups is 1. The van der Waals surface area contributed by atoms with Gasteiger partial charge >= 0.3 is 11.7 Å². The Morgan fingerprint density at radius 3 is 2.38 bits per heavy atom. The molecular weight excluding hydrogens is 347 g/mol. The summed E-state index contributed by atoms with van der Waals surface area (Å²) in [6.45, 7) is 9.02. The quantitative estimate of drug-likeness (QED) is 0.722. The summed E-state index contributed by atoms with van der Waals surface area (Å²) in [4.78, 5) is 20.1. The second kappa shape index (κ2) is 6.44. The number of amidine groups is 1. The predicted octanol–water partition coefficient (Wildman–Crippen LogP) is 4.65. The van der Waals surface area contributed by atoms with Gasteiger partial charge < -0.3 is 4.85 Å². The van der Waals surface area contributed by atoms with Gasteiger partial charge in [0.25, 0.3) is 0 Å². The van der Waals surface area contributed by atoms with Gasteiger partial charge in [-0.25, -0.2) is 0 Å². The van der Waals surface area contributed by atoms with Gasteiger partial charge in [-0.05, 0) is 41.9 Å². The molecule has 0 spiro atoms. The molecule has 0 saturated heterocycles. The van der Waals surface area contributed by atoms with Gasteiger partial charge in [-0.1, -0.05) is 48.0 Å². The first kappa shape index (κ1) is 16.2. The van der Waals surface area contributed by atoms with E-state index in [1.165, 1.54) is 0 Å². The highest BCUT2D eigenvalue weighted by Gasteiger charge is 2.36. The fourth-order valence-corrected chi connectivity index (χ4v) is 2.60. The fraction of sp³-hybridized carbons (Fsp3) is 0.0588. The topological polar surface area (TPSA) is 49.4 Å². The maximum atomic E-state index is 12.6. The van der Waals surface area contributed by atoms with Gasteiger partial charge in [-0.3, -0.25) is 9.79 Å². The van der Waals surface area contributed by atoms with E-state index >= 15 is 0 Å². The summed E-state index contributed by atoms with van der Waals surface area (Å²) in [5.41, 5.74) is 1.65. The number of benzene rings is 2. The number of rotatable bonds is 2.